The second kappa shape index (κ2) is 11.9. The Hall–Kier alpha value is -3.90. The molecule has 3 aliphatic rings. The van der Waals surface area contributed by atoms with Crippen molar-refractivity contribution in [1.29, 1.82) is 0 Å². The van der Waals surface area contributed by atoms with Gasteiger partial charge in [0.2, 0.25) is 5.91 Å². The van der Waals surface area contributed by atoms with Crippen LogP contribution in [0.3, 0.4) is 0 Å². The first-order valence-electron chi connectivity index (χ1n) is 14.6. The molecule has 1 aromatic carbocycles. The number of nitrogens with zero attached hydrogens (tertiary/aromatic N) is 4. The Morgan fingerprint density at radius 3 is 2.77 bits per heavy atom. The molecule has 6 rings (SSSR count). The van der Waals surface area contributed by atoms with Crippen molar-refractivity contribution in [2.45, 2.75) is 56.7 Å². The summed E-state index contributed by atoms with van der Waals surface area (Å²) in [6.45, 7) is 2.55. The van der Waals surface area contributed by atoms with E-state index in [1.165, 1.54) is 23.3 Å². The first kappa shape index (κ1) is 30.1. The number of urea groups is 1. The molecule has 3 aromatic rings. The minimum atomic E-state index is -1.38. The summed E-state index contributed by atoms with van der Waals surface area (Å²) in [6.07, 6.45) is 6.29. The summed E-state index contributed by atoms with van der Waals surface area (Å²) in [6, 6.07) is 3.94. The quantitative estimate of drug-likeness (QED) is 0.377. The maximum absolute atomic E-state index is 13.7. The smallest absolute Gasteiger partial charge is 0.330 e. The van der Waals surface area contributed by atoms with Gasteiger partial charge in [-0.15, -0.1) is 11.3 Å². The van der Waals surface area contributed by atoms with Gasteiger partial charge >= 0.3 is 12.0 Å². The van der Waals surface area contributed by atoms with Crippen molar-refractivity contribution >= 4 is 51.7 Å². The Kier molecular flexibility index (Phi) is 8.14. The number of allylic oxidation sites excluding steroid dienone is 1. The van der Waals surface area contributed by atoms with Gasteiger partial charge in [0.1, 0.15) is 44.9 Å². The molecule has 232 valence electrons. The summed E-state index contributed by atoms with van der Waals surface area (Å²) in [5, 5.41) is 16.4. The van der Waals surface area contributed by atoms with Crippen LogP contribution in [0, 0.1) is 12.8 Å². The summed E-state index contributed by atoms with van der Waals surface area (Å²) in [5.41, 5.74) is 0.529. The average molecular weight is 640 g/mol. The zero-order valence-corrected chi connectivity index (χ0v) is 26.3. The minimum Gasteiger partial charge on any atom is -0.495 e. The van der Waals surface area contributed by atoms with Crippen molar-refractivity contribution in [3.05, 3.63) is 46.4 Å². The molecule has 1 saturated heterocycles. The zero-order chi connectivity index (χ0) is 31.2. The molecule has 1 saturated carbocycles. The number of benzene rings is 1. The van der Waals surface area contributed by atoms with E-state index in [-0.39, 0.29) is 24.8 Å². The van der Waals surface area contributed by atoms with Crippen molar-refractivity contribution < 1.29 is 29.0 Å². The van der Waals surface area contributed by atoms with Gasteiger partial charge in [-0.05, 0) is 44.7 Å². The number of aromatic nitrogens is 2. The predicted molar refractivity (Wildman–Crippen MR) is 166 cm³/mol. The molecule has 2 aromatic heterocycles. The minimum absolute atomic E-state index is 0.0890. The van der Waals surface area contributed by atoms with Crippen LogP contribution in [0.15, 0.2) is 35.7 Å². The Balaban J connectivity index is 1.34. The fourth-order valence-electron chi connectivity index (χ4n) is 6.03. The number of fused-ring (bicyclic) bond motifs is 3. The highest BCUT2D eigenvalue weighted by atomic mass is 35.5. The lowest BCUT2D eigenvalue weighted by atomic mass is 10.1. The number of halogens is 1. The highest BCUT2D eigenvalue weighted by Crippen LogP contribution is 2.46. The highest BCUT2D eigenvalue weighted by Gasteiger charge is 2.61. The number of aliphatic carboxylic acids is 1. The number of carbonyl (C=O) groups excluding carboxylic acids is 2. The second-order valence-electron chi connectivity index (χ2n) is 11.6. The molecule has 3 amide bonds. The number of nitrogens with one attached hydrogen (secondary N) is 1. The summed E-state index contributed by atoms with van der Waals surface area (Å²) in [4.78, 5) is 52.1. The topological polar surface area (TPSA) is 134 Å². The third-order valence-electron chi connectivity index (χ3n) is 8.59. The largest absolute Gasteiger partial charge is 0.495 e. The second-order valence-corrected chi connectivity index (χ2v) is 12.9. The van der Waals surface area contributed by atoms with Crippen molar-refractivity contribution in [3.8, 4) is 22.2 Å². The van der Waals surface area contributed by atoms with Gasteiger partial charge in [0, 0.05) is 48.5 Å². The number of aryl methyl sites for hydroxylation is 1. The van der Waals surface area contributed by atoms with Crippen LogP contribution in [0.2, 0.25) is 5.02 Å². The van der Waals surface area contributed by atoms with Crippen LogP contribution in [0.1, 0.15) is 37.8 Å². The molecule has 0 radical (unpaired) electrons. The van der Waals surface area contributed by atoms with Gasteiger partial charge in [0.05, 0.1) is 19.2 Å². The van der Waals surface area contributed by atoms with Crippen molar-refractivity contribution in [1.82, 2.24) is 25.1 Å². The van der Waals surface area contributed by atoms with Crippen LogP contribution >= 0.6 is 22.9 Å². The van der Waals surface area contributed by atoms with Crippen LogP contribution in [0.25, 0.3) is 21.6 Å². The normalized spacial score (nSPS) is 25.7. The lowest BCUT2D eigenvalue weighted by Crippen LogP contribution is -2.55. The van der Waals surface area contributed by atoms with Gasteiger partial charge in [-0.2, -0.15) is 0 Å². The average Bonchev–Trinajstić information content (AvgIpc) is 3.29. The fraction of sp³-hybridized carbons (Fsp3) is 0.452. The lowest BCUT2D eigenvalue weighted by Gasteiger charge is -2.29. The van der Waals surface area contributed by atoms with Crippen molar-refractivity contribution in [2.75, 3.05) is 27.2 Å². The number of carboxylic acid groups (broad SMARTS) is 1. The van der Waals surface area contributed by atoms with E-state index < -0.39 is 29.7 Å². The maximum atomic E-state index is 13.7. The number of rotatable bonds is 5. The maximum Gasteiger partial charge on any atom is 0.330 e. The molecule has 4 heterocycles. The molecular formula is C31H34ClN5O6S. The van der Waals surface area contributed by atoms with E-state index in [2.05, 4.69) is 10.3 Å². The predicted octanol–water partition coefficient (Wildman–Crippen LogP) is 4.90. The Bertz CT molecular complexity index is 1660. The standard InChI is InChI=1S/C31H34ClN5O6S/c1-17-16-44-27(33-17)21-13-24(20-9-10-23(42-3)25(32)26(20)34-21)43-19-12-22-28(38)36(2)11-7-5-4-6-8-18-14-31(18,29(39)40)35-30(41)37(22)15-19/h6,8-10,13,16,18-19,22H,4-5,7,11-12,14-15H2,1-3H3,(H,35,41)(H,39,40)/t18-,19+,22+,31-/m1/s1. The molecule has 44 heavy (non-hydrogen) atoms. The number of amides is 3. The molecule has 13 heteroatoms. The Morgan fingerprint density at radius 2 is 2.05 bits per heavy atom. The van der Waals surface area contributed by atoms with Gasteiger partial charge in [0.15, 0.2) is 0 Å². The summed E-state index contributed by atoms with van der Waals surface area (Å²) in [5.74, 6) is -0.639. The van der Waals surface area contributed by atoms with Gasteiger partial charge in [0.25, 0.3) is 0 Å². The van der Waals surface area contributed by atoms with E-state index in [1.807, 2.05) is 30.5 Å². The number of carbonyl (C=O) groups is 3. The number of ether oxygens (including phenoxy) is 2. The molecule has 0 spiro atoms. The summed E-state index contributed by atoms with van der Waals surface area (Å²) in [7, 11) is 3.27. The van der Waals surface area contributed by atoms with E-state index in [1.54, 1.807) is 24.1 Å². The number of thiazole rings is 1. The third-order valence-corrected chi connectivity index (χ3v) is 9.94. The number of hydrogen-bond acceptors (Lipinski definition) is 8. The van der Waals surface area contributed by atoms with Gasteiger partial charge in [-0.1, -0.05) is 23.8 Å². The molecule has 2 fully saturated rings. The van der Waals surface area contributed by atoms with Crippen LogP contribution in [0.5, 0.6) is 11.5 Å². The lowest BCUT2D eigenvalue weighted by molar-refractivity contribution is -0.140. The summed E-state index contributed by atoms with van der Waals surface area (Å²) >= 11 is 8.15. The highest BCUT2D eigenvalue weighted by molar-refractivity contribution is 7.13. The number of hydrogen-bond donors (Lipinski definition) is 2. The van der Waals surface area contributed by atoms with E-state index in [9.17, 15) is 19.5 Å². The molecule has 4 atom stereocenters. The SMILES string of the molecule is COc1ccc2c(O[C@H]3C[C@H]4C(=O)N(C)CCCCC=C[C@@H]5C[C@@]5(C(=O)O)NC(=O)N4C3)cc(-c3nc(C)cs3)nc2c1Cl. The van der Waals surface area contributed by atoms with Crippen molar-refractivity contribution in [2.24, 2.45) is 5.92 Å². The van der Waals surface area contributed by atoms with Gasteiger partial charge in [-0.3, -0.25) is 4.79 Å². The van der Waals surface area contributed by atoms with Crippen LogP contribution in [-0.4, -0.2) is 87.7 Å². The first-order valence-corrected chi connectivity index (χ1v) is 15.9. The first-order chi connectivity index (χ1) is 21.1. The zero-order valence-electron chi connectivity index (χ0n) is 24.7. The molecular weight excluding hydrogens is 606 g/mol. The van der Waals surface area contributed by atoms with E-state index >= 15 is 0 Å². The van der Waals surface area contributed by atoms with Crippen molar-refractivity contribution in [3.63, 3.8) is 0 Å². The Labute approximate surface area is 263 Å². The van der Waals surface area contributed by atoms with E-state index in [0.29, 0.717) is 51.1 Å². The third kappa shape index (κ3) is 5.56. The number of carboxylic acids is 1. The molecule has 0 bridgehead atoms. The van der Waals surface area contributed by atoms with Gasteiger partial charge < -0.3 is 29.7 Å². The summed E-state index contributed by atoms with van der Waals surface area (Å²) < 4.78 is 12.0. The molecule has 1 aliphatic carbocycles. The molecule has 11 nitrogen and oxygen atoms in total. The van der Waals surface area contributed by atoms with Crippen LogP contribution in [0.4, 0.5) is 4.79 Å². The van der Waals surface area contributed by atoms with Crippen LogP contribution < -0.4 is 14.8 Å². The van der Waals surface area contributed by atoms with E-state index in [0.717, 1.165) is 25.0 Å². The number of likely N-dealkylation sites (N-methyl/N-ethyl adjacent to an activating group) is 1. The Morgan fingerprint density at radius 1 is 1.23 bits per heavy atom. The monoisotopic (exact) mass is 639 g/mol. The molecule has 2 N–H and O–H groups in total. The number of methoxy groups -OCH3 is 1. The van der Waals surface area contributed by atoms with Crippen LogP contribution in [-0.2, 0) is 9.59 Å². The van der Waals surface area contributed by atoms with E-state index in [4.69, 9.17) is 26.1 Å². The van der Waals surface area contributed by atoms with Gasteiger partial charge in [-0.25, -0.2) is 19.6 Å². The molecule has 2 aliphatic heterocycles. The molecule has 0 unspecified atom stereocenters. The number of pyridine rings is 1. The fourth-order valence-corrected chi connectivity index (χ4v) is 7.07.